The van der Waals surface area contributed by atoms with Crippen molar-refractivity contribution < 1.29 is 14.3 Å². The van der Waals surface area contributed by atoms with E-state index in [0.29, 0.717) is 18.8 Å². The minimum absolute atomic E-state index is 0.141. The molecule has 0 aromatic heterocycles. The molecule has 0 aliphatic carbocycles. The smallest absolute Gasteiger partial charge is 0.338 e. The molecule has 0 amide bonds. The molecule has 0 radical (unpaired) electrons. The van der Waals surface area contributed by atoms with Gasteiger partial charge in [-0.25, -0.2) is 4.79 Å². The summed E-state index contributed by atoms with van der Waals surface area (Å²) in [5, 5.41) is 0. The van der Waals surface area contributed by atoms with Gasteiger partial charge < -0.3 is 9.47 Å². The summed E-state index contributed by atoms with van der Waals surface area (Å²) < 4.78 is 11.0. The van der Waals surface area contributed by atoms with Gasteiger partial charge in [0.1, 0.15) is 5.75 Å². The van der Waals surface area contributed by atoms with Crippen molar-refractivity contribution >= 4 is 5.97 Å². The van der Waals surface area contributed by atoms with E-state index in [1.165, 1.54) is 11.1 Å². The maximum absolute atomic E-state index is 11.7. The first-order chi connectivity index (χ1) is 12.8. The first-order valence-electron chi connectivity index (χ1n) is 8.78. The molecule has 0 heterocycles. The second-order valence-corrected chi connectivity index (χ2v) is 5.93. The fourth-order valence-corrected chi connectivity index (χ4v) is 2.84. The van der Waals surface area contributed by atoms with Gasteiger partial charge >= 0.3 is 5.97 Å². The summed E-state index contributed by atoms with van der Waals surface area (Å²) in [7, 11) is 0. The molecule has 0 bridgehead atoms. The third-order valence-corrected chi connectivity index (χ3v) is 4.19. The van der Waals surface area contributed by atoms with E-state index in [9.17, 15) is 4.79 Å². The Hall–Kier alpha value is -3.07. The van der Waals surface area contributed by atoms with Gasteiger partial charge in [0, 0.05) is 5.92 Å². The van der Waals surface area contributed by atoms with Gasteiger partial charge in [-0.05, 0) is 42.3 Å². The van der Waals surface area contributed by atoms with E-state index in [-0.39, 0.29) is 11.9 Å². The van der Waals surface area contributed by atoms with Crippen molar-refractivity contribution in [1.82, 2.24) is 0 Å². The summed E-state index contributed by atoms with van der Waals surface area (Å²) >= 11 is 0. The summed E-state index contributed by atoms with van der Waals surface area (Å²) in [6.45, 7) is 2.68. The van der Waals surface area contributed by atoms with E-state index in [2.05, 4.69) is 24.3 Å². The number of esters is 1. The number of hydrogen-bond donors (Lipinski definition) is 0. The van der Waals surface area contributed by atoms with E-state index < -0.39 is 0 Å². The van der Waals surface area contributed by atoms with Crippen LogP contribution in [0.3, 0.4) is 0 Å². The van der Waals surface area contributed by atoms with Crippen LogP contribution < -0.4 is 4.74 Å². The van der Waals surface area contributed by atoms with E-state index in [1.807, 2.05) is 36.4 Å². The lowest BCUT2D eigenvalue weighted by molar-refractivity contribution is 0.0526. The zero-order valence-electron chi connectivity index (χ0n) is 14.8. The van der Waals surface area contributed by atoms with Crippen molar-refractivity contribution in [2.45, 2.75) is 12.8 Å². The molecule has 132 valence electrons. The van der Waals surface area contributed by atoms with Gasteiger partial charge in [0.2, 0.25) is 0 Å². The molecule has 26 heavy (non-hydrogen) atoms. The summed E-state index contributed by atoms with van der Waals surface area (Å²) in [5.74, 6) is 0.558. The fourth-order valence-electron chi connectivity index (χ4n) is 2.84. The second-order valence-electron chi connectivity index (χ2n) is 5.93. The summed E-state index contributed by atoms with van der Waals surface area (Å²) in [5.41, 5.74) is 2.95. The zero-order chi connectivity index (χ0) is 18.2. The average Bonchev–Trinajstić information content (AvgIpc) is 2.70. The number of rotatable bonds is 7. The van der Waals surface area contributed by atoms with E-state index >= 15 is 0 Å². The first-order valence-corrected chi connectivity index (χ1v) is 8.78. The lowest BCUT2D eigenvalue weighted by atomic mass is 9.92. The molecule has 0 saturated carbocycles. The van der Waals surface area contributed by atoms with Crippen LogP contribution in [0.1, 0.15) is 34.3 Å². The molecular formula is C23H22O3. The Bertz CT molecular complexity index is 772. The third-order valence-electron chi connectivity index (χ3n) is 4.19. The van der Waals surface area contributed by atoms with Crippen molar-refractivity contribution in [2.75, 3.05) is 13.2 Å². The molecule has 0 atom stereocenters. The average molecular weight is 346 g/mol. The highest BCUT2D eigenvalue weighted by atomic mass is 16.5. The molecule has 3 heteroatoms. The number of benzene rings is 3. The molecule has 3 aromatic rings. The van der Waals surface area contributed by atoms with Crippen LogP contribution in [0.15, 0.2) is 84.9 Å². The van der Waals surface area contributed by atoms with Crippen LogP contribution in [0.5, 0.6) is 5.75 Å². The maximum Gasteiger partial charge on any atom is 0.338 e. The molecule has 0 unspecified atom stereocenters. The minimum atomic E-state index is -0.314. The molecule has 3 rings (SSSR count). The highest BCUT2D eigenvalue weighted by Crippen LogP contribution is 2.26. The van der Waals surface area contributed by atoms with Crippen LogP contribution in [0, 0.1) is 0 Å². The Morgan fingerprint density at radius 3 is 1.85 bits per heavy atom. The predicted octanol–water partition coefficient (Wildman–Crippen LogP) is 5.07. The quantitative estimate of drug-likeness (QED) is 0.560. The number of carbonyl (C=O) groups is 1. The Morgan fingerprint density at radius 2 is 1.35 bits per heavy atom. The van der Waals surface area contributed by atoms with Gasteiger partial charge in [-0.3, -0.25) is 0 Å². The maximum atomic E-state index is 11.7. The Kier molecular flexibility index (Phi) is 6.05. The summed E-state index contributed by atoms with van der Waals surface area (Å²) in [4.78, 5) is 11.7. The minimum Gasteiger partial charge on any atom is -0.493 e. The molecule has 0 spiro atoms. The zero-order valence-corrected chi connectivity index (χ0v) is 14.8. The topological polar surface area (TPSA) is 35.5 Å². The van der Waals surface area contributed by atoms with Crippen molar-refractivity contribution in [3.63, 3.8) is 0 Å². The number of ether oxygens (including phenoxy) is 2. The molecular weight excluding hydrogens is 324 g/mol. The molecule has 3 aromatic carbocycles. The van der Waals surface area contributed by atoms with E-state index in [4.69, 9.17) is 9.47 Å². The summed E-state index contributed by atoms with van der Waals surface area (Å²) in [6, 6.07) is 27.7. The van der Waals surface area contributed by atoms with Crippen LogP contribution in [-0.2, 0) is 4.74 Å². The van der Waals surface area contributed by atoms with Gasteiger partial charge in [0.15, 0.2) is 0 Å². The fraction of sp³-hybridized carbons (Fsp3) is 0.174. The molecule has 0 N–H and O–H groups in total. The SMILES string of the molecule is CCOC(=O)c1ccc(OCC(c2ccccc2)c2ccccc2)cc1. The summed E-state index contributed by atoms with van der Waals surface area (Å²) in [6.07, 6.45) is 0. The lowest BCUT2D eigenvalue weighted by Gasteiger charge is -2.19. The highest BCUT2D eigenvalue weighted by molar-refractivity contribution is 5.89. The molecule has 0 aliphatic heterocycles. The van der Waals surface area contributed by atoms with Gasteiger partial charge in [0.05, 0.1) is 18.8 Å². The van der Waals surface area contributed by atoms with Gasteiger partial charge in [-0.1, -0.05) is 60.7 Å². The van der Waals surface area contributed by atoms with Gasteiger partial charge in [-0.15, -0.1) is 0 Å². The van der Waals surface area contributed by atoms with E-state index in [0.717, 1.165) is 5.75 Å². The Balaban J connectivity index is 1.73. The highest BCUT2D eigenvalue weighted by Gasteiger charge is 2.15. The molecule has 0 saturated heterocycles. The monoisotopic (exact) mass is 346 g/mol. The van der Waals surface area contributed by atoms with E-state index in [1.54, 1.807) is 31.2 Å². The predicted molar refractivity (Wildman–Crippen MR) is 103 cm³/mol. The normalized spacial score (nSPS) is 10.5. The van der Waals surface area contributed by atoms with Crippen molar-refractivity contribution in [2.24, 2.45) is 0 Å². The van der Waals surface area contributed by atoms with Crippen LogP contribution in [0.25, 0.3) is 0 Å². The van der Waals surface area contributed by atoms with Crippen molar-refractivity contribution in [1.29, 1.82) is 0 Å². The number of carbonyl (C=O) groups excluding carboxylic acids is 1. The van der Waals surface area contributed by atoms with Gasteiger partial charge in [-0.2, -0.15) is 0 Å². The van der Waals surface area contributed by atoms with Crippen LogP contribution in [0.2, 0.25) is 0 Å². The van der Waals surface area contributed by atoms with Crippen LogP contribution >= 0.6 is 0 Å². The Morgan fingerprint density at radius 1 is 0.808 bits per heavy atom. The van der Waals surface area contributed by atoms with Crippen LogP contribution in [-0.4, -0.2) is 19.2 Å². The largest absolute Gasteiger partial charge is 0.493 e. The van der Waals surface area contributed by atoms with Crippen molar-refractivity contribution in [3.8, 4) is 5.75 Å². The lowest BCUT2D eigenvalue weighted by Crippen LogP contribution is -2.12. The second kappa shape index (κ2) is 8.86. The Labute approximate surface area is 154 Å². The molecule has 3 nitrogen and oxygen atoms in total. The number of hydrogen-bond acceptors (Lipinski definition) is 3. The first kappa shape index (κ1) is 17.7. The van der Waals surface area contributed by atoms with Gasteiger partial charge in [0.25, 0.3) is 0 Å². The molecule has 0 fully saturated rings. The molecule has 0 aliphatic rings. The standard InChI is InChI=1S/C23H22O3/c1-2-25-23(24)20-13-15-21(16-14-20)26-17-22(18-9-5-3-6-10-18)19-11-7-4-8-12-19/h3-16,22H,2,17H2,1H3. The van der Waals surface area contributed by atoms with Crippen molar-refractivity contribution in [3.05, 3.63) is 102 Å². The third kappa shape index (κ3) is 4.51. The van der Waals surface area contributed by atoms with Crippen LogP contribution in [0.4, 0.5) is 0 Å².